The Morgan fingerprint density at radius 2 is 1.76 bits per heavy atom. The molecule has 2 amide bonds. The monoisotopic (exact) mass is 288 g/mol. The van der Waals surface area contributed by atoms with E-state index in [0.717, 1.165) is 5.56 Å². The van der Waals surface area contributed by atoms with Crippen molar-refractivity contribution in [3.05, 3.63) is 35.4 Å². The van der Waals surface area contributed by atoms with Crippen LogP contribution in [0.5, 0.6) is 0 Å². The summed E-state index contributed by atoms with van der Waals surface area (Å²) in [4.78, 5) is 26.6. The van der Waals surface area contributed by atoms with Crippen molar-refractivity contribution in [1.82, 2.24) is 10.2 Å². The minimum absolute atomic E-state index is 0.0292. The van der Waals surface area contributed by atoms with Crippen molar-refractivity contribution in [1.29, 1.82) is 0 Å². The molecule has 1 heterocycles. The number of carbonyl (C=O) groups is 2. The normalized spacial score (nSPS) is 18.3. The van der Waals surface area contributed by atoms with Crippen molar-refractivity contribution >= 4 is 11.8 Å². The lowest BCUT2D eigenvalue weighted by molar-refractivity contribution is -0.139. The molecule has 1 aromatic carbocycles. The fourth-order valence-corrected chi connectivity index (χ4v) is 2.82. The highest BCUT2D eigenvalue weighted by molar-refractivity contribution is 5.93. The first kappa shape index (κ1) is 15.5. The summed E-state index contributed by atoms with van der Waals surface area (Å²) in [6.45, 7) is 7.01. The predicted octanol–water partition coefficient (Wildman–Crippen LogP) is 2.40. The van der Waals surface area contributed by atoms with Crippen molar-refractivity contribution in [3.8, 4) is 0 Å². The Morgan fingerprint density at radius 3 is 2.33 bits per heavy atom. The number of hydrogen-bond acceptors (Lipinski definition) is 2. The van der Waals surface area contributed by atoms with Crippen LogP contribution in [0, 0.1) is 6.92 Å². The molecule has 0 atom stereocenters. The Labute approximate surface area is 126 Å². The minimum Gasteiger partial charge on any atom is -0.342 e. The van der Waals surface area contributed by atoms with Gasteiger partial charge in [-0.15, -0.1) is 0 Å². The van der Waals surface area contributed by atoms with Crippen molar-refractivity contribution in [2.45, 2.75) is 52.1 Å². The second kappa shape index (κ2) is 6.29. The number of amides is 2. The predicted molar refractivity (Wildman–Crippen MR) is 82.7 cm³/mol. The molecule has 2 rings (SSSR count). The fourth-order valence-electron chi connectivity index (χ4n) is 2.82. The van der Waals surface area contributed by atoms with Gasteiger partial charge in [0.05, 0.1) is 0 Å². The third-order valence-electron chi connectivity index (χ3n) is 4.39. The quantitative estimate of drug-likeness (QED) is 0.925. The van der Waals surface area contributed by atoms with E-state index in [1.807, 2.05) is 49.9 Å². The van der Waals surface area contributed by atoms with Crippen LogP contribution in [0.4, 0.5) is 0 Å². The topological polar surface area (TPSA) is 49.4 Å². The highest BCUT2D eigenvalue weighted by atomic mass is 16.2. The highest BCUT2D eigenvalue weighted by Gasteiger charge is 2.41. The zero-order valence-electron chi connectivity index (χ0n) is 13.1. The molecular formula is C17H24N2O2. The summed E-state index contributed by atoms with van der Waals surface area (Å²) in [5.41, 5.74) is 1.57. The Kier molecular flexibility index (Phi) is 4.66. The Balaban J connectivity index is 2.23. The van der Waals surface area contributed by atoms with E-state index in [9.17, 15) is 9.59 Å². The maximum absolute atomic E-state index is 12.9. The van der Waals surface area contributed by atoms with Crippen molar-refractivity contribution in [3.63, 3.8) is 0 Å². The first-order valence-corrected chi connectivity index (χ1v) is 7.66. The second-order valence-electron chi connectivity index (χ2n) is 5.80. The van der Waals surface area contributed by atoms with Crippen molar-refractivity contribution in [2.75, 3.05) is 6.54 Å². The number of aryl methyl sites for hydroxylation is 1. The zero-order chi connectivity index (χ0) is 15.5. The lowest BCUT2D eigenvalue weighted by Gasteiger charge is -2.33. The minimum atomic E-state index is -0.738. The van der Waals surface area contributed by atoms with E-state index >= 15 is 0 Å². The van der Waals surface area contributed by atoms with Crippen LogP contribution in [0.25, 0.3) is 0 Å². The number of hydrogen-bond donors (Lipinski definition) is 1. The molecule has 1 aliphatic rings. The largest absolute Gasteiger partial charge is 0.342 e. The van der Waals surface area contributed by atoms with Gasteiger partial charge in [-0.3, -0.25) is 9.59 Å². The molecule has 1 fully saturated rings. The third-order valence-corrected chi connectivity index (χ3v) is 4.39. The van der Waals surface area contributed by atoms with Crippen LogP contribution in [-0.4, -0.2) is 28.8 Å². The second-order valence-corrected chi connectivity index (χ2v) is 5.80. The summed E-state index contributed by atoms with van der Waals surface area (Å²) >= 11 is 0. The number of nitrogens with zero attached hydrogens (tertiary/aromatic N) is 1. The van der Waals surface area contributed by atoms with Gasteiger partial charge in [0.25, 0.3) is 0 Å². The number of benzene rings is 1. The Hall–Kier alpha value is -1.84. The molecule has 4 heteroatoms. The Bertz CT molecular complexity index is 518. The SMILES string of the molecule is CCC1(CC)NC(=O)CCN(Cc2ccc(C)cc2)C1=O. The number of carbonyl (C=O) groups excluding carboxylic acids is 2. The van der Waals surface area contributed by atoms with E-state index in [-0.39, 0.29) is 11.8 Å². The Morgan fingerprint density at radius 1 is 1.14 bits per heavy atom. The van der Waals surface area contributed by atoms with Gasteiger partial charge in [0.2, 0.25) is 11.8 Å². The molecule has 0 saturated carbocycles. The van der Waals surface area contributed by atoms with Crippen LogP contribution in [0.2, 0.25) is 0 Å². The highest BCUT2D eigenvalue weighted by Crippen LogP contribution is 2.23. The lowest BCUT2D eigenvalue weighted by Crippen LogP contribution is -2.56. The van der Waals surface area contributed by atoms with Gasteiger partial charge in [0.1, 0.15) is 5.54 Å². The summed E-state index contributed by atoms with van der Waals surface area (Å²) < 4.78 is 0. The molecule has 0 aromatic heterocycles. The van der Waals surface area contributed by atoms with Crippen molar-refractivity contribution in [2.24, 2.45) is 0 Å². The van der Waals surface area contributed by atoms with Gasteiger partial charge in [0, 0.05) is 19.5 Å². The van der Waals surface area contributed by atoms with E-state index < -0.39 is 5.54 Å². The van der Waals surface area contributed by atoms with Gasteiger partial charge in [-0.2, -0.15) is 0 Å². The van der Waals surface area contributed by atoms with Crippen molar-refractivity contribution < 1.29 is 9.59 Å². The molecule has 0 spiro atoms. The van der Waals surface area contributed by atoms with Crippen LogP contribution in [0.3, 0.4) is 0 Å². The first-order valence-electron chi connectivity index (χ1n) is 7.66. The summed E-state index contributed by atoms with van der Waals surface area (Å²) in [5.74, 6) is 0.0115. The summed E-state index contributed by atoms with van der Waals surface area (Å²) in [7, 11) is 0. The van der Waals surface area contributed by atoms with Gasteiger partial charge < -0.3 is 10.2 Å². The van der Waals surface area contributed by atoms with E-state index in [0.29, 0.717) is 32.4 Å². The van der Waals surface area contributed by atoms with Crippen LogP contribution in [0.15, 0.2) is 24.3 Å². The molecule has 1 saturated heterocycles. The average molecular weight is 288 g/mol. The molecule has 1 aliphatic heterocycles. The zero-order valence-corrected chi connectivity index (χ0v) is 13.1. The van der Waals surface area contributed by atoms with Gasteiger partial charge >= 0.3 is 0 Å². The molecule has 0 bridgehead atoms. The average Bonchev–Trinajstić information content (AvgIpc) is 2.61. The maximum atomic E-state index is 12.9. The summed E-state index contributed by atoms with van der Waals surface area (Å²) in [5, 5.41) is 2.94. The standard InChI is InChI=1S/C17H24N2O2/c1-4-17(5-2)16(21)19(11-10-15(20)18-17)12-14-8-6-13(3)7-9-14/h6-9H,4-5,10-12H2,1-3H3,(H,18,20). The maximum Gasteiger partial charge on any atom is 0.248 e. The molecule has 1 aromatic rings. The molecule has 114 valence electrons. The lowest BCUT2D eigenvalue weighted by atomic mass is 9.91. The number of rotatable bonds is 4. The molecule has 1 N–H and O–H groups in total. The van der Waals surface area contributed by atoms with E-state index in [1.165, 1.54) is 5.56 Å². The molecular weight excluding hydrogens is 264 g/mol. The van der Waals surface area contributed by atoms with E-state index in [2.05, 4.69) is 5.32 Å². The third kappa shape index (κ3) is 3.26. The summed E-state index contributed by atoms with van der Waals surface area (Å²) in [6, 6.07) is 8.19. The van der Waals surface area contributed by atoms with Gasteiger partial charge in [-0.1, -0.05) is 43.7 Å². The van der Waals surface area contributed by atoms with Crippen LogP contribution in [-0.2, 0) is 16.1 Å². The van der Waals surface area contributed by atoms with Crippen LogP contribution in [0.1, 0.15) is 44.2 Å². The van der Waals surface area contributed by atoms with Gasteiger partial charge in [-0.25, -0.2) is 0 Å². The summed E-state index contributed by atoms with van der Waals surface area (Å²) in [6.07, 6.45) is 1.62. The molecule has 0 aliphatic carbocycles. The van der Waals surface area contributed by atoms with Gasteiger partial charge in [0.15, 0.2) is 0 Å². The fraction of sp³-hybridized carbons (Fsp3) is 0.529. The number of nitrogens with one attached hydrogen (secondary N) is 1. The molecule has 21 heavy (non-hydrogen) atoms. The van der Waals surface area contributed by atoms with Gasteiger partial charge in [-0.05, 0) is 25.3 Å². The molecule has 0 unspecified atom stereocenters. The van der Waals surface area contributed by atoms with Crippen LogP contribution < -0.4 is 5.32 Å². The van der Waals surface area contributed by atoms with E-state index in [1.54, 1.807) is 0 Å². The molecule has 0 radical (unpaired) electrons. The first-order chi connectivity index (χ1) is 10.0. The van der Waals surface area contributed by atoms with Crippen LogP contribution >= 0.6 is 0 Å². The van der Waals surface area contributed by atoms with E-state index in [4.69, 9.17) is 0 Å². The smallest absolute Gasteiger partial charge is 0.248 e. The molecule has 4 nitrogen and oxygen atoms in total.